The maximum Gasteiger partial charge on any atom is 0.225 e. The summed E-state index contributed by atoms with van der Waals surface area (Å²) in [7, 11) is 0. The van der Waals surface area contributed by atoms with Crippen LogP contribution in [0, 0.1) is 5.41 Å². The third kappa shape index (κ3) is 3.72. The smallest absolute Gasteiger partial charge is 0.225 e. The van der Waals surface area contributed by atoms with Gasteiger partial charge in [-0.15, -0.1) is 0 Å². The van der Waals surface area contributed by atoms with E-state index < -0.39 is 0 Å². The van der Waals surface area contributed by atoms with E-state index in [1.807, 2.05) is 20.8 Å². The standard InChI is InChI=1S/C6H12INO/c1-6(2,3)5(9)8-4-7/h4H2,1-3H3,(H,8,9). The molecule has 0 aromatic heterocycles. The van der Waals surface area contributed by atoms with Crippen LogP contribution in [0.25, 0.3) is 0 Å². The van der Waals surface area contributed by atoms with Crippen molar-refractivity contribution >= 4 is 28.5 Å². The first-order valence-electron chi connectivity index (χ1n) is 2.82. The highest BCUT2D eigenvalue weighted by atomic mass is 127. The SMILES string of the molecule is CC(C)(C)C(=O)NCI. The van der Waals surface area contributed by atoms with Crippen molar-refractivity contribution in [2.45, 2.75) is 20.8 Å². The Morgan fingerprint density at radius 3 is 2.11 bits per heavy atom. The molecule has 0 bridgehead atoms. The highest BCUT2D eigenvalue weighted by Crippen LogP contribution is 2.12. The number of hydrogen-bond donors (Lipinski definition) is 1. The molecule has 0 atom stereocenters. The Bertz CT molecular complexity index is 106. The number of nitrogens with one attached hydrogen (secondary N) is 1. The summed E-state index contributed by atoms with van der Waals surface area (Å²) in [6, 6.07) is 0. The van der Waals surface area contributed by atoms with Gasteiger partial charge in [-0.05, 0) is 0 Å². The first-order chi connectivity index (χ1) is 3.98. The zero-order valence-corrected chi connectivity index (χ0v) is 8.15. The molecule has 0 aromatic rings. The van der Waals surface area contributed by atoms with E-state index in [1.54, 1.807) is 0 Å². The molecule has 0 saturated heterocycles. The Hall–Kier alpha value is 0.200. The molecule has 3 heteroatoms. The molecular weight excluding hydrogens is 229 g/mol. The fourth-order valence-electron chi connectivity index (χ4n) is 0.326. The Labute approximate surface area is 69.5 Å². The molecule has 9 heavy (non-hydrogen) atoms. The van der Waals surface area contributed by atoms with Crippen LogP contribution in [-0.4, -0.2) is 10.5 Å². The van der Waals surface area contributed by atoms with E-state index in [0.29, 0.717) is 4.55 Å². The summed E-state index contributed by atoms with van der Waals surface area (Å²) in [6.45, 7) is 5.69. The fourth-order valence-corrected chi connectivity index (χ4v) is 0.672. The average molecular weight is 241 g/mol. The maximum absolute atomic E-state index is 10.9. The summed E-state index contributed by atoms with van der Waals surface area (Å²) in [6.07, 6.45) is 0. The molecule has 0 aliphatic carbocycles. The van der Waals surface area contributed by atoms with Crippen molar-refractivity contribution in [3.63, 3.8) is 0 Å². The number of carbonyl (C=O) groups is 1. The minimum atomic E-state index is -0.245. The number of rotatable bonds is 1. The van der Waals surface area contributed by atoms with Crippen LogP contribution in [0.3, 0.4) is 0 Å². The number of alkyl halides is 1. The van der Waals surface area contributed by atoms with Crippen LogP contribution < -0.4 is 5.32 Å². The van der Waals surface area contributed by atoms with Gasteiger partial charge in [0, 0.05) is 5.41 Å². The highest BCUT2D eigenvalue weighted by Gasteiger charge is 2.19. The molecule has 1 N–H and O–H groups in total. The molecule has 0 saturated carbocycles. The third-order valence-electron chi connectivity index (χ3n) is 0.909. The lowest BCUT2D eigenvalue weighted by Crippen LogP contribution is -2.33. The van der Waals surface area contributed by atoms with Gasteiger partial charge >= 0.3 is 0 Å². The second-order valence-corrected chi connectivity index (χ2v) is 3.65. The van der Waals surface area contributed by atoms with Gasteiger partial charge in [0.2, 0.25) is 5.91 Å². The van der Waals surface area contributed by atoms with Crippen molar-refractivity contribution < 1.29 is 4.79 Å². The van der Waals surface area contributed by atoms with Gasteiger partial charge in [-0.2, -0.15) is 0 Å². The van der Waals surface area contributed by atoms with E-state index >= 15 is 0 Å². The van der Waals surface area contributed by atoms with Gasteiger partial charge in [0.15, 0.2) is 0 Å². The molecule has 0 fully saturated rings. The van der Waals surface area contributed by atoms with Gasteiger partial charge < -0.3 is 5.32 Å². The predicted octanol–water partition coefficient (Wildman–Crippen LogP) is 1.54. The highest BCUT2D eigenvalue weighted by molar-refractivity contribution is 14.1. The molecule has 0 rings (SSSR count). The lowest BCUT2D eigenvalue weighted by Gasteiger charge is -2.15. The lowest BCUT2D eigenvalue weighted by molar-refractivity contribution is -0.128. The molecule has 0 spiro atoms. The van der Waals surface area contributed by atoms with Gasteiger partial charge in [-0.25, -0.2) is 0 Å². The monoisotopic (exact) mass is 241 g/mol. The fraction of sp³-hybridized carbons (Fsp3) is 0.833. The normalized spacial score (nSPS) is 11.1. The summed E-state index contributed by atoms with van der Waals surface area (Å²) in [4.78, 5) is 10.9. The van der Waals surface area contributed by atoms with Crippen molar-refractivity contribution in [1.82, 2.24) is 5.32 Å². The van der Waals surface area contributed by atoms with Crippen molar-refractivity contribution in [3.05, 3.63) is 0 Å². The molecule has 0 aliphatic rings. The Balaban J connectivity index is 3.74. The number of amides is 1. The third-order valence-corrected chi connectivity index (χ3v) is 1.29. The van der Waals surface area contributed by atoms with Crippen molar-refractivity contribution in [3.8, 4) is 0 Å². The van der Waals surface area contributed by atoms with E-state index in [2.05, 4.69) is 27.9 Å². The Morgan fingerprint density at radius 2 is 2.00 bits per heavy atom. The van der Waals surface area contributed by atoms with Crippen LogP contribution in [-0.2, 0) is 4.79 Å². The van der Waals surface area contributed by atoms with E-state index in [1.165, 1.54) is 0 Å². The second-order valence-electron chi connectivity index (χ2n) is 2.89. The number of carbonyl (C=O) groups excluding carboxylic acids is 1. The summed E-state index contributed by atoms with van der Waals surface area (Å²) in [5.74, 6) is 0.108. The molecule has 0 radical (unpaired) electrons. The Kier molecular flexibility index (Phi) is 3.46. The van der Waals surface area contributed by atoms with E-state index in [4.69, 9.17) is 0 Å². The lowest BCUT2D eigenvalue weighted by atomic mass is 9.96. The molecule has 2 nitrogen and oxygen atoms in total. The molecular formula is C6H12INO. The molecule has 0 unspecified atom stereocenters. The van der Waals surface area contributed by atoms with Gasteiger partial charge in [0.1, 0.15) is 0 Å². The van der Waals surface area contributed by atoms with Crippen molar-refractivity contribution in [2.75, 3.05) is 4.55 Å². The minimum Gasteiger partial charge on any atom is -0.347 e. The summed E-state index contributed by atoms with van der Waals surface area (Å²) in [5, 5.41) is 2.73. The minimum absolute atomic E-state index is 0.108. The molecule has 54 valence electrons. The van der Waals surface area contributed by atoms with Gasteiger partial charge in [0.25, 0.3) is 0 Å². The van der Waals surface area contributed by atoms with Crippen molar-refractivity contribution in [1.29, 1.82) is 0 Å². The van der Waals surface area contributed by atoms with E-state index in [0.717, 1.165) is 0 Å². The first-order valence-corrected chi connectivity index (χ1v) is 4.35. The van der Waals surface area contributed by atoms with Crippen LogP contribution in [0.15, 0.2) is 0 Å². The van der Waals surface area contributed by atoms with Gasteiger partial charge in [-0.3, -0.25) is 4.79 Å². The molecule has 0 aromatic carbocycles. The van der Waals surface area contributed by atoms with Gasteiger partial charge in [-0.1, -0.05) is 43.4 Å². The quantitative estimate of drug-likeness (QED) is 0.421. The van der Waals surface area contributed by atoms with Crippen LogP contribution in [0.4, 0.5) is 0 Å². The second kappa shape index (κ2) is 3.39. The van der Waals surface area contributed by atoms with Crippen LogP contribution in [0.2, 0.25) is 0 Å². The average Bonchev–Trinajstić information content (AvgIpc) is 1.64. The molecule has 0 aliphatic heterocycles. The number of hydrogen-bond acceptors (Lipinski definition) is 1. The summed E-state index contributed by atoms with van der Waals surface area (Å²) in [5.41, 5.74) is -0.245. The molecule has 0 heterocycles. The van der Waals surface area contributed by atoms with Crippen LogP contribution >= 0.6 is 22.6 Å². The predicted molar refractivity (Wildman–Crippen MR) is 46.5 cm³/mol. The molecule has 1 amide bonds. The van der Waals surface area contributed by atoms with Gasteiger partial charge in [0.05, 0.1) is 4.55 Å². The summed E-state index contributed by atoms with van der Waals surface area (Å²) < 4.78 is 0.688. The van der Waals surface area contributed by atoms with Crippen LogP contribution in [0.1, 0.15) is 20.8 Å². The first kappa shape index (κ1) is 9.20. The van der Waals surface area contributed by atoms with Crippen molar-refractivity contribution in [2.24, 2.45) is 5.41 Å². The van der Waals surface area contributed by atoms with E-state index in [9.17, 15) is 4.79 Å². The maximum atomic E-state index is 10.9. The Morgan fingerprint density at radius 1 is 1.56 bits per heavy atom. The topological polar surface area (TPSA) is 29.1 Å². The zero-order valence-electron chi connectivity index (χ0n) is 5.99. The van der Waals surface area contributed by atoms with E-state index in [-0.39, 0.29) is 11.3 Å². The largest absolute Gasteiger partial charge is 0.347 e. The number of halogens is 1. The zero-order chi connectivity index (χ0) is 7.49. The summed E-state index contributed by atoms with van der Waals surface area (Å²) >= 11 is 2.11. The van der Waals surface area contributed by atoms with Crippen LogP contribution in [0.5, 0.6) is 0 Å².